The van der Waals surface area contributed by atoms with Crippen molar-refractivity contribution in [3.8, 4) is 6.07 Å². The largest absolute Gasteiger partial charge is 0.384 e. The zero-order chi connectivity index (χ0) is 25.8. The average molecular weight is 513 g/mol. The number of carbonyl (C=O) groups excluding carboxylic acids is 1. The standard InChI is InChI=1S/C22H27F3N6O3S/c23-14-12-31(13-14)16-5-7-22(8-6-16,9-10-26)29-11-18(20(28)32)19(27)30-15-1-3-17(4-2-15)35(33,34)21(24)25/h1-4,11,14,16,21,29H,5-9,12-13H2,(H2,27,30)(H2,28,32)/b18-11+. The van der Waals surface area contributed by atoms with Crippen LogP contribution in [0.3, 0.4) is 0 Å². The fourth-order valence-electron chi connectivity index (χ4n) is 4.31. The minimum absolute atomic E-state index is 0.121. The van der Waals surface area contributed by atoms with Gasteiger partial charge in [-0.05, 0) is 49.9 Å². The summed E-state index contributed by atoms with van der Waals surface area (Å²) in [6, 6.07) is 6.67. The monoisotopic (exact) mass is 512 g/mol. The number of rotatable bonds is 9. The topological polar surface area (TPSA) is 155 Å². The minimum Gasteiger partial charge on any atom is -0.384 e. The van der Waals surface area contributed by atoms with Gasteiger partial charge < -0.3 is 16.8 Å². The number of halogens is 3. The van der Waals surface area contributed by atoms with E-state index < -0.39 is 38.1 Å². The van der Waals surface area contributed by atoms with Crippen LogP contribution in [0.4, 0.5) is 18.9 Å². The number of aliphatic imine (C=N–C) groups is 1. The number of benzene rings is 1. The molecule has 0 bridgehead atoms. The first kappa shape index (κ1) is 26.5. The number of amidine groups is 1. The van der Waals surface area contributed by atoms with E-state index in [-0.39, 0.29) is 29.6 Å². The molecule has 1 heterocycles. The summed E-state index contributed by atoms with van der Waals surface area (Å²) in [7, 11) is -4.75. The van der Waals surface area contributed by atoms with Gasteiger partial charge in [0.15, 0.2) is 0 Å². The first-order valence-corrected chi connectivity index (χ1v) is 12.5. The van der Waals surface area contributed by atoms with Crippen LogP contribution in [0.5, 0.6) is 0 Å². The van der Waals surface area contributed by atoms with Crippen molar-refractivity contribution in [1.82, 2.24) is 10.2 Å². The summed E-state index contributed by atoms with van der Waals surface area (Å²) in [4.78, 5) is 17.6. The number of amides is 1. The molecule has 0 atom stereocenters. The van der Waals surface area contributed by atoms with E-state index in [0.29, 0.717) is 25.9 Å². The predicted octanol–water partition coefficient (Wildman–Crippen LogP) is 1.88. The molecule has 0 unspecified atom stereocenters. The van der Waals surface area contributed by atoms with Gasteiger partial charge in [-0.2, -0.15) is 14.0 Å². The lowest BCUT2D eigenvalue weighted by Crippen LogP contribution is -2.57. The summed E-state index contributed by atoms with van der Waals surface area (Å²) in [5.74, 6) is -4.71. The van der Waals surface area contributed by atoms with Gasteiger partial charge in [-0.1, -0.05) is 0 Å². The Balaban J connectivity index is 1.74. The Morgan fingerprint density at radius 1 is 1.26 bits per heavy atom. The van der Waals surface area contributed by atoms with Gasteiger partial charge in [0.05, 0.1) is 28.6 Å². The van der Waals surface area contributed by atoms with Crippen molar-refractivity contribution >= 4 is 27.3 Å². The van der Waals surface area contributed by atoms with Gasteiger partial charge in [0.25, 0.3) is 5.91 Å². The highest BCUT2D eigenvalue weighted by atomic mass is 32.2. The number of alkyl halides is 3. The highest BCUT2D eigenvalue weighted by Crippen LogP contribution is 2.35. The number of likely N-dealkylation sites (tertiary alicyclic amines) is 1. The molecule has 2 aliphatic rings. The van der Waals surface area contributed by atoms with Crippen LogP contribution in [-0.2, 0) is 14.6 Å². The second-order valence-electron chi connectivity index (χ2n) is 8.76. The summed E-state index contributed by atoms with van der Waals surface area (Å²) in [5, 5.41) is 12.5. The van der Waals surface area contributed by atoms with Crippen molar-refractivity contribution < 1.29 is 26.4 Å². The normalized spacial score (nSPS) is 24.6. The third kappa shape index (κ3) is 6.12. The number of hydrogen-bond donors (Lipinski definition) is 3. The molecule has 0 radical (unpaired) electrons. The number of nitrogens with one attached hydrogen (secondary N) is 1. The van der Waals surface area contributed by atoms with Gasteiger partial charge in [0.1, 0.15) is 12.0 Å². The molecule has 0 aromatic heterocycles. The van der Waals surface area contributed by atoms with Gasteiger partial charge in [-0.25, -0.2) is 17.8 Å². The summed E-state index contributed by atoms with van der Waals surface area (Å²) in [6.07, 6.45) is 3.47. The molecule has 13 heteroatoms. The number of hydrogen-bond acceptors (Lipinski definition) is 7. The van der Waals surface area contributed by atoms with E-state index in [1.807, 2.05) is 0 Å². The Kier molecular flexibility index (Phi) is 8.07. The minimum atomic E-state index is -4.75. The van der Waals surface area contributed by atoms with E-state index in [2.05, 4.69) is 21.3 Å². The Hall–Kier alpha value is -3.11. The predicted molar refractivity (Wildman–Crippen MR) is 123 cm³/mol. The van der Waals surface area contributed by atoms with Crippen LogP contribution in [0.2, 0.25) is 0 Å². The average Bonchev–Trinajstić information content (AvgIpc) is 2.78. The van der Waals surface area contributed by atoms with E-state index in [0.717, 1.165) is 25.0 Å². The van der Waals surface area contributed by atoms with Crippen LogP contribution < -0.4 is 16.8 Å². The number of sulfone groups is 1. The fourth-order valence-corrected chi connectivity index (χ4v) is 5.03. The molecule has 1 amide bonds. The molecule has 9 nitrogen and oxygen atoms in total. The number of nitrogens with zero attached hydrogens (tertiary/aromatic N) is 3. The molecule has 5 N–H and O–H groups in total. The molecule has 35 heavy (non-hydrogen) atoms. The highest BCUT2D eigenvalue weighted by Gasteiger charge is 2.40. The van der Waals surface area contributed by atoms with E-state index >= 15 is 0 Å². The van der Waals surface area contributed by atoms with Crippen molar-refractivity contribution in [2.75, 3.05) is 13.1 Å². The van der Waals surface area contributed by atoms with Crippen LogP contribution in [0.15, 0.2) is 45.9 Å². The maximum Gasteiger partial charge on any atom is 0.341 e. The van der Waals surface area contributed by atoms with Gasteiger partial charge in [-0.15, -0.1) is 0 Å². The first-order valence-electron chi connectivity index (χ1n) is 11.0. The fraction of sp³-hybridized carbons (Fsp3) is 0.500. The lowest BCUT2D eigenvalue weighted by Gasteiger charge is -2.47. The third-order valence-electron chi connectivity index (χ3n) is 6.42. The second kappa shape index (κ2) is 10.7. The molecule has 1 aromatic carbocycles. The molecule has 0 spiro atoms. The lowest BCUT2D eigenvalue weighted by atomic mass is 9.76. The molecule has 190 valence electrons. The Bertz CT molecular complexity index is 1130. The number of nitrogens with two attached hydrogens (primary N) is 2. The molecule has 1 saturated carbocycles. The summed E-state index contributed by atoms with van der Waals surface area (Å²) in [6.45, 7) is 0.855. The zero-order valence-corrected chi connectivity index (χ0v) is 19.6. The zero-order valence-electron chi connectivity index (χ0n) is 18.8. The molecule has 3 rings (SSSR count). The highest BCUT2D eigenvalue weighted by molar-refractivity contribution is 7.91. The lowest BCUT2D eigenvalue weighted by molar-refractivity contribution is -0.114. The third-order valence-corrected chi connectivity index (χ3v) is 7.82. The summed E-state index contributed by atoms with van der Waals surface area (Å²) in [5.41, 5.74) is 10.8. The smallest absolute Gasteiger partial charge is 0.341 e. The Morgan fingerprint density at radius 2 is 1.86 bits per heavy atom. The molecular weight excluding hydrogens is 485 g/mol. The Morgan fingerprint density at radius 3 is 2.34 bits per heavy atom. The molecule has 2 fully saturated rings. The summed E-state index contributed by atoms with van der Waals surface area (Å²) < 4.78 is 61.6. The molecule has 1 saturated heterocycles. The molecule has 1 aliphatic heterocycles. The van der Waals surface area contributed by atoms with E-state index in [1.165, 1.54) is 18.3 Å². The maximum absolute atomic E-state index is 13.2. The maximum atomic E-state index is 13.2. The van der Waals surface area contributed by atoms with Gasteiger partial charge >= 0.3 is 5.76 Å². The van der Waals surface area contributed by atoms with Crippen molar-refractivity contribution in [3.63, 3.8) is 0 Å². The number of carbonyl (C=O) groups is 1. The summed E-state index contributed by atoms with van der Waals surface area (Å²) >= 11 is 0. The van der Waals surface area contributed by atoms with Crippen LogP contribution in [-0.4, -0.2) is 61.7 Å². The molecule has 1 aromatic rings. The quantitative estimate of drug-likeness (QED) is 0.259. The molecular formula is C22H27F3N6O3S. The van der Waals surface area contributed by atoms with Gasteiger partial charge in [-0.3, -0.25) is 9.69 Å². The van der Waals surface area contributed by atoms with Crippen molar-refractivity contribution in [2.24, 2.45) is 16.5 Å². The SMILES string of the molecule is N#CCC1(N/C=C(/C(N)=O)C(N)=Nc2ccc(S(=O)(=O)C(F)F)cc2)CCC(N2CC(F)C2)CC1. The van der Waals surface area contributed by atoms with Crippen LogP contribution >= 0.6 is 0 Å². The van der Waals surface area contributed by atoms with Gasteiger partial charge in [0.2, 0.25) is 9.84 Å². The molecule has 1 aliphatic carbocycles. The van der Waals surface area contributed by atoms with E-state index in [4.69, 9.17) is 11.5 Å². The van der Waals surface area contributed by atoms with Crippen molar-refractivity contribution in [1.29, 1.82) is 5.26 Å². The van der Waals surface area contributed by atoms with Gasteiger partial charge in [0, 0.05) is 30.9 Å². The Labute approximate surface area is 201 Å². The van der Waals surface area contributed by atoms with E-state index in [9.17, 15) is 31.6 Å². The first-order chi connectivity index (χ1) is 16.5. The number of primary amides is 1. The van der Waals surface area contributed by atoms with Crippen molar-refractivity contribution in [3.05, 3.63) is 36.0 Å². The van der Waals surface area contributed by atoms with Crippen LogP contribution in [0.1, 0.15) is 32.1 Å². The second-order valence-corrected chi connectivity index (χ2v) is 10.7. The van der Waals surface area contributed by atoms with Crippen LogP contribution in [0, 0.1) is 11.3 Å². The number of nitriles is 1. The van der Waals surface area contributed by atoms with Crippen molar-refractivity contribution in [2.45, 2.75) is 60.5 Å². The van der Waals surface area contributed by atoms with Crippen LogP contribution in [0.25, 0.3) is 0 Å². The van der Waals surface area contributed by atoms with E-state index in [1.54, 1.807) is 0 Å².